The van der Waals surface area contributed by atoms with E-state index in [1.807, 2.05) is 30.3 Å². The molecule has 3 aromatic rings. The van der Waals surface area contributed by atoms with Crippen LogP contribution in [0.2, 0.25) is 0 Å². The molecule has 158 valence electrons. The third-order valence-electron chi connectivity index (χ3n) is 4.58. The number of thioether (sulfide) groups is 1. The number of amides is 1. The number of aliphatic imine (C=N–C) groups is 1. The van der Waals surface area contributed by atoms with Gasteiger partial charge in [0.15, 0.2) is 5.17 Å². The molecule has 0 radical (unpaired) electrons. The number of hydrogen-bond donors (Lipinski definition) is 0. The Balaban J connectivity index is 1.49. The molecule has 32 heavy (non-hydrogen) atoms. The Morgan fingerprint density at radius 3 is 2.44 bits per heavy atom. The molecule has 1 aliphatic rings. The minimum Gasteiger partial charge on any atom is -0.493 e. The van der Waals surface area contributed by atoms with E-state index < -0.39 is 0 Å². The summed E-state index contributed by atoms with van der Waals surface area (Å²) in [5, 5.41) is 9.38. The summed E-state index contributed by atoms with van der Waals surface area (Å²) in [5.41, 5.74) is 2.30. The lowest BCUT2D eigenvalue weighted by molar-refractivity contribution is -0.113. The zero-order valence-electron chi connectivity index (χ0n) is 16.9. The van der Waals surface area contributed by atoms with Gasteiger partial charge in [0.25, 0.3) is 5.91 Å². The lowest BCUT2D eigenvalue weighted by Gasteiger charge is -2.17. The number of carbonyl (C=O) groups is 1. The molecule has 7 heteroatoms. The van der Waals surface area contributed by atoms with Gasteiger partial charge in [0.05, 0.1) is 23.9 Å². The predicted octanol–water partition coefficient (Wildman–Crippen LogP) is 5.25. The molecule has 1 heterocycles. The Labute approximate surface area is 189 Å². The Morgan fingerprint density at radius 2 is 1.75 bits per heavy atom. The van der Waals surface area contributed by atoms with Gasteiger partial charge in [-0.1, -0.05) is 42.1 Å². The summed E-state index contributed by atoms with van der Waals surface area (Å²) in [5.74, 6) is 0.565. The molecule has 0 bridgehead atoms. The van der Waals surface area contributed by atoms with E-state index in [0.717, 1.165) is 5.56 Å². The van der Waals surface area contributed by atoms with Crippen LogP contribution in [-0.2, 0) is 4.79 Å². The Kier molecular flexibility index (Phi) is 6.63. The number of nitriles is 1. The number of halogens is 1. The number of nitrogens with zero attached hydrogens (tertiary/aromatic N) is 3. The van der Waals surface area contributed by atoms with E-state index >= 15 is 0 Å². The van der Waals surface area contributed by atoms with E-state index in [4.69, 9.17) is 10.00 Å². The molecule has 0 aliphatic carbocycles. The summed E-state index contributed by atoms with van der Waals surface area (Å²) in [4.78, 5) is 19.1. The fourth-order valence-electron chi connectivity index (χ4n) is 3.04. The number of rotatable bonds is 6. The molecule has 0 aromatic heterocycles. The normalized spacial score (nSPS) is 14.4. The van der Waals surface area contributed by atoms with Crippen molar-refractivity contribution < 1.29 is 13.9 Å². The van der Waals surface area contributed by atoms with Gasteiger partial charge in [-0.15, -0.1) is 0 Å². The molecular weight excluding hydrogens is 425 g/mol. The third-order valence-corrected chi connectivity index (χ3v) is 5.49. The summed E-state index contributed by atoms with van der Waals surface area (Å²) >= 11 is 1.38. The number of hydrogen-bond acceptors (Lipinski definition) is 5. The molecule has 0 saturated heterocycles. The van der Waals surface area contributed by atoms with Crippen LogP contribution in [-0.4, -0.2) is 23.4 Å². The van der Waals surface area contributed by atoms with Gasteiger partial charge in [-0.3, -0.25) is 9.69 Å². The van der Waals surface area contributed by atoms with E-state index in [1.165, 1.54) is 28.8 Å². The number of anilines is 1. The van der Waals surface area contributed by atoms with Crippen LogP contribution in [0.1, 0.15) is 11.1 Å². The van der Waals surface area contributed by atoms with Crippen molar-refractivity contribution >= 4 is 34.6 Å². The Bertz CT molecular complexity index is 1200. The van der Waals surface area contributed by atoms with Gasteiger partial charge in [0.1, 0.15) is 17.3 Å². The van der Waals surface area contributed by atoms with Crippen molar-refractivity contribution in [1.29, 1.82) is 5.26 Å². The fourth-order valence-corrected chi connectivity index (χ4v) is 3.87. The molecule has 5 nitrogen and oxygen atoms in total. The number of amidine groups is 1. The lowest BCUT2D eigenvalue weighted by Crippen LogP contribution is -2.30. The smallest absolute Gasteiger partial charge is 0.283 e. The van der Waals surface area contributed by atoms with E-state index in [-0.39, 0.29) is 11.7 Å². The van der Waals surface area contributed by atoms with Crippen LogP contribution in [0.3, 0.4) is 0 Å². The van der Waals surface area contributed by atoms with Crippen LogP contribution >= 0.6 is 11.8 Å². The van der Waals surface area contributed by atoms with Gasteiger partial charge in [-0.2, -0.15) is 5.26 Å². The van der Waals surface area contributed by atoms with Crippen molar-refractivity contribution in [2.24, 2.45) is 4.99 Å². The highest BCUT2D eigenvalue weighted by Gasteiger charge is 2.31. The minimum atomic E-state index is -0.373. The molecule has 1 aliphatic heterocycles. The van der Waals surface area contributed by atoms with Crippen LogP contribution in [0, 0.1) is 17.1 Å². The highest BCUT2D eigenvalue weighted by atomic mass is 32.2. The molecule has 0 fully saturated rings. The monoisotopic (exact) mass is 443 g/mol. The highest BCUT2D eigenvalue weighted by Crippen LogP contribution is 2.29. The van der Waals surface area contributed by atoms with Crippen molar-refractivity contribution in [2.45, 2.75) is 0 Å². The first-order chi connectivity index (χ1) is 15.6. The first-order valence-electron chi connectivity index (χ1n) is 9.85. The second-order valence-corrected chi connectivity index (χ2v) is 7.85. The highest BCUT2D eigenvalue weighted by molar-refractivity contribution is 8.14. The largest absolute Gasteiger partial charge is 0.493 e. The fraction of sp³-hybridized carbons (Fsp3) is 0.0800. The molecule has 0 unspecified atom stereocenters. The van der Waals surface area contributed by atoms with Crippen LogP contribution in [0.15, 0.2) is 89.6 Å². The van der Waals surface area contributed by atoms with E-state index in [1.54, 1.807) is 42.5 Å². The molecule has 4 rings (SSSR count). The predicted molar refractivity (Wildman–Crippen MR) is 125 cm³/mol. The van der Waals surface area contributed by atoms with E-state index in [9.17, 15) is 9.18 Å². The molecule has 0 atom stereocenters. The minimum absolute atomic E-state index is 0.268. The van der Waals surface area contributed by atoms with Crippen LogP contribution in [0.4, 0.5) is 10.1 Å². The molecular formula is C25H18FN3O2S. The maximum absolute atomic E-state index is 13.4. The summed E-state index contributed by atoms with van der Waals surface area (Å²) in [6, 6.07) is 24.2. The molecule has 0 saturated carbocycles. The zero-order valence-corrected chi connectivity index (χ0v) is 17.8. The van der Waals surface area contributed by atoms with Crippen molar-refractivity contribution in [2.75, 3.05) is 17.3 Å². The van der Waals surface area contributed by atoms with Crippen molar-refractivity contribution in [3.63, 3.8) is 0 Å². The average molecular weight is 444 g/mol. The van der Waals surface area contributed by atoms with Crippen LogP contribution in [0.5, 0.6) is 5.75 Å². The van der Waals surface area contributed by atoms with Crippen molar-refractivity contribution in [1.82, 2.24) is 0 Å². The molecule has 0 spiro atoms. The number of carbonyl (C=O) groups excluding carboxylic acids is 1. The third kappa shape index (κ3) is 5.05. The summed E-state index contributed by atoms with van der Waals surface area (Å²) < 4.78 is 19.1. The van der Waals surface area contributed by atoms with Crippen molar-refractivity contribution in [3.05, 3.63) is 102 Å². The molecule has 1 amide bonds. The second-order valence-electron chi connectivity index (χ2n) is 6.78. The topological polar surface area (TPSA) is 65.7 Å². The quantitative estimate of drug-likeness (QED) is 0.385. The average Bonchev–Trinajstić information content (AvgIpc) is 3.13. The second kappa shape index (κ2) is 9.94. The van der Waals surface area contributed by atoms with Gasteiger partial charge >= 0.3 is 0 Å². The van der Waals surface area contributed by atoms with Gasteiger partial charge in [0.2, 0.25) is 0 Å². The van der Waals surface area contributed by atoms with Crippen LogP contribution in [0.25, 0.3) is 6.08 Å². The van der Waals surface area contributed by atoms with Crippen molar-refractivity contribution in [3.8, 4) is 11.8 Å². The summed E-state index contributed by atoms with van der Waals surface area (Å²) in [6.07, 6.45) is 1.74. The Hall–Kier alpha value is -3.89. The lowest BCUT2D eigenvalue weighted by atomic mass is 10.2. The van der Waals surface area contributed by atoms with E-state index in [0.29, 0.717) is 40.2 Å². The van der Waals surface area contributed by atoms with E-state index in [2.05, 4.69) is 11.1 Å². The van der Waals surface area contributed by atoms with Gasteiger partial charge < -0.3 is 4.74 Å². The van der Waals surface area contributed by atoms with Gasteiger partial charge in [-0.05, 0) is 60.2 Å². The summed E-state index contributed by atoms with van der Waals surface area (Å²) in [7, 11) is 0. The Morgan fingerprint density at radius 1 is 1.03 bits per heavy atom. The molecule has 0 N–H and O–H groups in total. The van der Waals surface area contributed by atoms with Crippen LogP contribution < -0.4 is 9.64 Å². The zero-order chi connectivity index (χ0) is 22.3. The van der Waals surface area contributed by atoms with Gasteiger partial charge in [0, 0.05) is 5.75 Å². The first-order valence-corrected chi connectivity index (χ1v) is 10.8. The standard InChI is InChI=1S/C25H18FN3O2S/c26-20-8-10-21(11-9-20)29-24(30)23(16-18-4-2-1-3-5-18)28-25(29)32-15-14-31-22-12-6-19(17-27)7-13-22/h1-13,16H,14-15H2/b23-16+. The SMILES string of the molecule is N#Cc1ccc(OCCSC2=N/C(=C/c3ccccc3)C(=O)N2c2ccc(F)cc2)cc1. The maximum atomic E-state index is 13.4. The molecule has 3 aromatic carbocycles. The number of ether oxygens (including phenoxy) is 1. The maximum Gasteiger partial charge on any atom is 0.283 e. The van der Waals surface area contributed by atoms with Gasteiger partial charge in [-0.25, -0.2) is 9.38 Å². The first kappa shape index (κ1) is 21.3. The number of benzene rings is 3. The summed E-state index contributed by atoms with van der Waals surface area (Å²) in [6.45, 7) is 0.388.